The van der Waals surface area contributed by atoms with Gasteiger partial charge in [-0.25, -0.2) is 8.42 Å². The molecule has 0 spiro atoms. The molecule has 0 saturated carbocycles. The lowest BCUT2D eigenvalue weighted by atomic mass is 10.2. The molecule has 0 atom stereocenters. The van der Waals surface area contributed by atoms with Crippen LogP contribution in [0, 0.1) is 0 Å². The average molecular weight is 530 g/mol. The number of nitrogens with one attached hydrogen (secondary N) is 1. The van der Waals surface area contributed by atoms with Gasteiger partial charge in [0.05, 0.1) is 32.4 Å². The summed E-state index contributed by atoms with van der Waals surface area (Å²) in [4.78, 5) is 4.35. The molecule has 0 bridgehead atoms. The molecule has 10 heteroatoms. The Hall–Kier alpha value is -2.22. The van der Waals surface area contributed by atoms with E-state index in [1.807, 2.05) is 24.3 Å². The summed E-state index contributed by atoms with van der Waals surface area (Å²) in [6.45, 7) is 1.42. The number of hydrogen-bond acceptors (Lipinski definition) is 4. The first-order chi connectivity index (χ1) is 15.2. The number of rotatable bonds is 7. The van der Waals surface area contributed by atoms with Gasteiger partial charge >= 0.3 is 0 Å². The third-order valence-corrected chi connectivity index (χ3v) is 6.59. The van der Waals surface area contributed by atoms with Gasteiger partial charge in [0.25, 0.3) is 10.0 Å². The molecule has 0 fully saturated rings. The Morgan fingerprint density at radius 3 is 2.47 bits per heavy atom. The van der Waals surface area contributed by atoms with Crippen molar-refractivity contribution in [3.63, 3.8) is 0 Å². The molecule has 0 unspecified atom stereocenters. The molecule has 0 saturated heterocycles. The smallest absolute Gasteiger partial charge is 0.257 e. The highest BCUT2D eigenvalue weighted by molar-refractivity contribution is 7.96. The summed E-state index contributed by atoms with van der Waals surface area (Å²) in [6, 6.07) is 12.2. The van der Waals surface area contributed by atoms with Gasteiger partial charge in [-0.2, -0.15) is 0 Å². The fourth-order valence-electron chi connectivity index (χ4n) is 2.58. The van der Waals surface area contributed by atoms with Crippen LogP contribution < -0.4 is 9.46 Å². The SMILES string of the molecule is C\C(=C/C=C(Cl)\C=C\Cl)S(=O)(=O)Nc1cc(Cl)c(Oc2cnc3ccccc3c2)c(Cl)c1. The summed E-state index contributed by atoms with van der Waals surface area (Å²) < 4.78 is 33.4. The predicted octanol–water partition coefficient (Wildman–Crippen LogP) is 7.85. The Labute approximate surface area is 206 Å². The van der Waals surface area contributed by atoms with Gasteiger partial charge in [-0.1, -0.05) is 64.6 Å². The van der Waals surface area contributed by atoms with Crippen molar-refractivity contribution in [3.05, 3.63) is 92.4 Å². The van der Waals surface area contributed by atoms with Gasteiger partial charge in [0.2, 0.25) is 0 Å². The highest BCUT2D eigenvalue weighted by Gasteiger charge is 2.17. The maximum Gasteiger partial charge on any atom is 0.257 e. The maximum atomic E-state index is 12.6. The van der Waals surface area contributed by atoms with Crippen LogP contribution >= 0.6 is 46.4 Å². The van der Waals surface area contributed by atoms with Crippen LogP contribution in [0.3, 0.4) is 0 Å². The van der Waals surface area contributed by atoms with Crippen LogP contribution in [0.2, 0.25) is 10.0 Å². The number of aromatic nitrogens is 1. The number of fused-ring (bicyclic) bond motifs is 1. The van der Waals surface area contributed by atoms with E-state index < -0.39 is 10.0 Å². The van der Waals surface area contributed by atoms with Crippen LogP contribution in [0.4, 0.5) is 5.69 Å². The number of pyridine rings is 1. The number of sulfonamides is 1. The number of anilines is 1. The van der Waals surface area contributed by atoms with Crippen LogP contribution in [0.5, 0.6) is 11.5 Å². The second-order valence-electron chi connectivity index (χ2n) is 6.46. The molecule has 0 aliphatic heterocycles. The fourth-order valence-corrected chi connectivity index (χ4v) is 4.31. The van der Waals surface area contributed by atoms with Gasteiger partial charge in [0, 0.05) is 16.0 Å². The first kappa shape index (κ1) is 24.4. The van der Waals surface area contributed by atoms with Crippen molar-refractivity contribution in [2.75, 3.05) is 4.72 Å². The Morgan fingerprint density at radius 1 is 1.09 bits per heavy atom. The van der Waals surface area contributed by atoms with Crippen molar-refractivity contribution in [1.82, 2.24) is 4.98 Å². The molecule has 1 N–H and O–H groups in total. The summed E-state index contributed by atoms with van der Waals surface area (Å²) in [5.74, 6) is 0.623. The largest absolute Gasteiger partial charge is 0.453 e. The summed E-state index contributed by atoms with van der Waals surface area (Å²) in [7, 11) is -3.87. The number of nitrogens with zero attached hydrogens (tertiary/aromatic N) is 1. The zero-order valence-electron chi connectivity index (χ0n) is 16.5. The van der Waals surface area contributed by atoms with Gasteiger partial charge in [-0.05, 0) is 49.4 Å². The van der Waals surface area contributed by atoms with Gasteiger partial charge in [0.1, 0.15) is 5.75 Å². The minimum absolute atomic E-state index is 0.0217. The van der Waals surface area contributed by atoms with Crippen LogP contribution in [0.15, 0.2) is 82.4 Å². The van der Waals surface area contributed by atoms with Crippen LogP contribution in [-0.4, -0.2) is 13.4 Å². The first-order valence-electron chi connectivity index (χ1n) is 9.05. The molecule has 1 aromatic heterocycles. The minimum Gasteiger partial charge on any atom is -0.453 e. The van der Waals surface area contributed by atoms with Crippen molar-refractivity contribution < 1.29 is 13.2 Å². The number of halogens is 4. The highest BCUT2D eigenvalue weighted by Crippen LogP contribution is 2.39. The van der Waals surface area contributed by atoms with E-state index >= 15 is 0 Å². The average Bonchev–Trinajstić information content (AvgIpc) is 2.74. The molecule has 0 radical (unpaired) electrons. The highest BCUT2D eigenvalue weighted by atomic mass is 35.5. The predicted molar refractivity (Wildman–Crippen MR) is 134 cm³/mol. The normalized spacial score (nSPS) is 13.0. The van der Waals surface area contributed by atoms with Crippen molar-refractivity contribution in [1.29, 1.82) is 0 Å². The molecule has 166 valence electrons. The third kappa shape index (κ3) is 6.18. The third-order valence-electron chi connectivity index (χ3n) is 4.16. The zero-order chi connectivity index (χ0) is 23.3. The van der Waals surface area contributed by atoms with Crippen molar-refractivity contribution in [3.8, 4) is 11.5 Å². The first-order valence-corrected chi connectivity index (χ1v) is 12.1. The van der Waals surface area contributed by atoms with E-state index in [0.29, 0.717) is 5.75 Å². The molecule has 32 heavy (non-hydrogen) atoms. The lowest BCUT2D eigenvalue weighted by Gasteiger charge is -2.13. The molecule has 1 heterocycles. The second kappa shape index (κ2) is 10.6. The molecule has 2 aromatic carbocycles. The lowest BCUT2D eigenvalue weighted by molar-refractivity contribution is 0.482. The summed E-state index contributed by atoms with van der Waals surface area (Å²) in [6.07, 6.45) is 5.71. The number of para-hydroxylation sites is 1. The van der Waals surface area contributed by atoms with E-state index in [2.05, 4.69) is 9.71 Å². The summed E-state index contributed by atoms with van der Waals surface area (Å²) >= 11 is 23.9. The molecule has 3 rings (SSSR count). The molecular weight excluding hydrogens is 514 g/mol. The lowest BCUT2D eigenvalue weighted by Crippen LogP contribution is -2.13. The number of ether oxygens (including phenoxy) is 1. The topological polar surface area (TPSA) is 68.3 Å². The fraction of sp³-hybridized carbons (Fsp3) is 0.0455. The standard InChI is InChI=1S/C22H16Cl4N2O3S/c1-14(6-7-16(24)8-9-23)32(29,30)28-17-11-19(25)22(20(26)12-17)31-18-10-15-4-2-3-5-21(15)27-13-18/h2-13,28H,1H3/b9-8+,14-6+,16-7+. The van der Waals surface area contributed by atoms with Crippen LogP contribution in [0.1, 0.15) is 6.92 Å². The second-order valence-corrected chi connectivity index (χ2v) is 9.82. The van der Waals surface area contributed by atoms with Crippen molar-refractivity contribution in [2.24, 2.45) is 0 Å². The summed E-state index contributed by atoms with van der Waals surface area (Å²) in [5, 5.41) is 1.41. The maximum absolute atomic E-state index is 12.6. The van der Waals surface area contributed by atoms with E-state index in [1.54, 1.807) is 12.3 Å². The minimum atomic E-state index is -3.87. The monoisotopic (exact) mass is 528 g/mol. The van der Waals surface area contributed by atoms with Gasteiger partial charge in [-0.3, -0.25) is 9.71 Å². The quantitative estimate of drug-likeness (QED) is 0.316. The molecule has 3 aromatic rings. The van der Waals surface area contributed by atoms with E-state index in [4.69, 9.17) is 51.1 Å². The van der Waals surface area contributed by atoms with E-state index in [0.717, 1.165) is 10.9 Å². The number of hydrogen-bond donors (Lipinski definition) is 1. The van der Waals surface area contributed by atoms with E-state index in [9.17, 15) is 8.42 Å². The molecule has 0 aliphatic rings. The molecule has 0 aliphatic carbocycles. The van der Waals surface area contributed by atoms with E-state index in [-0.39, 0.29) is 31.4 Å². The van der Waals surface area contributed by atoms with Gasteiger partial charge in [-0.15, -0.1) is 0 Å². The van der Waals surface area contributed by atoms with Gasteiger partial charge < -0.3 is 4.74 Å². The Kier molecular flexibility index (Phi) is 8.09. The molecule has 5 nitrogen and oxygen atoms in total. The van der Waals surface area contributed by atoms with Crippen molar-refractivity contribution >= 4 is 73.0 Å². The van der Waals surface area contributed by atoms with Gasteiger partial charge in [0.15, 0.2) is 5.75 Å². The zero-order valence-corrected chi connectivity index (χ0v) is 20.4. The van der Waals surface area contributed by atoms with Crippen LogP contribution in [-0.2, 0) is 10.0 Å². The Balaban J connectivity index is 1.83. The Bertz CT molecular complexity index is 1330. The summed E-state index contributed by atoms with van der Waals surface area (Å²) in [5.41, 5.74) is 2.21. The molecular formula is C22H16Cl4N2O3S. The molecule has 0 amide bonds. The number of benzene rings is 2. The Morgan fingerprint density at radius 2 is 1.78 bits per heavy atom. The van der Waals surface area contributed by atoms with E-state index in [1.165, 1.54) is 42.8 Å². The van der Waals surface area contributed by atoms with Crippen molar-refractivity contribution in [2.45, 2.75) is 6.92 Å². The number of allylic oxidation sites excluding steroid dienone is 5. The van der Waals surface area contributed by atoms with Crippen LogP contribution in [0.25, 0.3) is 10.9 Å².